The maximum absolute atomic E-state index is 12.1. The Labute approximate surface area is 65.8 Å². The lowest BCUT2D eigenvalue weighted by Gasteiger charge is -2.01. The summed E-state index contributed by atoms with van der Waals surface area (Å²) in [6.07, 6.45) is -0.492. The summed E-state index contributed by atoms with van der Waals surface area (Å²) in [5.41, 5.74) is 0.976. The fraction of sp³-hybridized carbons (Fsp3) is 0.222. The molecule has 1 aromatic carbocycles. The van der Waals surface area contributed by atoms with Crippen LogP contribution in [0.25, 0.3) is 0 Å². The molecule has 0 fully saturated rings. The summed E-state index contributed by atoms with van der Waals surface area (Å²) in [7, 11) is 0. The van der Waals surface area contributed by atoms with Crippen molar-refractivity contribution in [3.8, 4) is 0 Å². The minimum atomic E-state index is -0.492. The van der Waals surface area contributed by atoms with Gasteiger partial charge in [0, 0.05) is 6.92 Å². The second-order valence-corrected chi connectivity index (χ2v) is 2.24. The summed E-state index contributed by atoms with van der Waals surface area (Å²) in [4.78, 5) is 0. The fourth-order valence-corrected chi connectivity index (χ4v) is 0.757. The minimum Gasteiger partial charge on any atom is -0.337 e. The first-order valence-electron chi connectivity index (χ1n) is 3.45. The number of rotatable bonds is 3. The van der Waals surface area contributed by atoms with Crippen molar-refractivity contribution in [1.82, 2.24) is 0 Å². The van der Waals surface area contributed by atoms with Gasteiger partial charge in [-0.25, -0.2) is 4.39 Å². The van der Waals surface area contributed by atoms with E-state index in [1.54, 1.807) is 0 Å². The van der Waals surface area contributed by atoms with Crippen molar-refractivity contribution in [2.75, 3.05) is 0 Å². The maximum Gasteiger partial charge on any atom is 0.265 e. The van der Waals surface area contributed by atoms with Gasteiger partial charge in [0.05, 0.1) is 6.61 Å². The average molecular weight is 153 g/mol. The van der Waals surface area contributed by atoms with Gasteiger partial charge in [0.1, 0.15) is 0 Å². The van der Waals surface area contributed by atoms with Gasteiger partial charge in [0.25, 0.3) is 6.36 Å². The summed E-state index contributed by atoms with van der Waals surface area (Å²) >= 11 is 0. The minimum absolute atomic E-state index is 0.309. The molecule has 0 spiro atoms. The van der Waals surface area contributed by atoms with Crippen molar-refractivity contribution in [2.24, 2.45) is 0 Å². The van der Waals surface area contributed by atoms with Gasteiger partial charge in [-0.2, -0.15) is 0 Å². The molecule has 11 heavy (non-hydrogen) atoms. The lowest BCUT2D eigenvalue weighted by Crippen LogP contribution is -1.92. The summed E-state index contributed by atoms with van der Waals surface area (Å²) in [6.45, 7) is 1.60. The zero-order chi connectivity index (χ0) is 8.10. The van der Waals surface area contributed by atoms with Gasteiger partial charge in [-0.05, 0) is 5.56 Å². The van der Waals surface area contributed by atoms with Gasteiger partial charge in [0.15, 0.2) is 0 Å². The van der Waals surface area contributed by atoms with Crippen LogP contribution in [0.3, 0.4) is 0 Å². The average Bonchev–Trinajstić information content (AvgIpc) is 2.03. The Kier molecular flexibility index (Phi) is 3.05. The molecule has 59 valence electrons. The standard InChI is InChI=1S/C9H10FO/c1-8(10)11-7-9-5-3-2-4-6-9/h2-6H,7H2,1H3. The molecule has 0 heterocycles. The van der Waals surface area contributed by atoms with Crippen molar-refractivity contribution >= 4 is 0 Å². The molecule has 1 rings (SSSR count). The Morgan fingerprint density at radius 3 is 2.55 bits per heavy atom. The topological polar surface area (TPSA) is 9.23 Å². The molecule has 2 heteroatoms. The molecule has 0 unspecified atom stereocenters. The van der Waals surface area contributed by atoms with E-state index in [9.17, 15) is 4.39 Å². The van der Waals surface area contributed by atoms with E-state index in [0.29, 0.717) is 6.61 Å². The Balaban J connectivity index is 2.39. The first kappa shape index (κ1) is 8.21. The zero-order valence-electron chi connectivity index (χ0n) is 6.38. The van der Waals surface area contributed by atoms with Gasteiger partial charge in [-0.15, -0.1) is 0 Å². The molecule has 0 atom stereocenters. The SMILES string of the molecule is C[C](F)OCc1ccccc1. The van der Waals surface area contributed by atoms with E-state index in [-0.39, 0.29) is 0 Å². The summed E-state index contributed by atoms with van der Waals surface area (Å²) in [6, 6.07) is 9.49. The second-order valence-electron chi connectivity index (χ2n) is 2.24. The molecule has 0 saturated heterocycles. The molecule has 0 aliphatic heterocycles. The molecule has 1 aromatic rings. The number of ether oxygens (including phenoxy) is 1. The Morgan fingerprint density at radius 2 is 2.00 bits per heavy atom. The van der Waals surface area contributed by atoms with E-state index in [4.69, 9.17) is 0 Å². The lowest BCUT2D eigenvalue weighted by molar-refractivity contribution is 0.0601. The fourth-order valence-electron chi connectivity index (χ4n) is 0.757. The quantitative estimate of drug-likeness (QED) is 0.648. The van der Waals surface area contributed by atoms with Gasteiger partial charge in [-0.1, -0.05) is 30.3 Å². The van der Waals surface area contributed by atoms with Gasteiger partial charge in [-0.3, -0.25) is 0 Å². The normalized spacial score (nSPS) is 10.5. The van der Waals surface area contributed by atoms with Gasteiger partial charge in [0.2, 0.25) is 0 Å². The van der Waals surface area contributed by atoms with E-state index in [0.717, 1.165) is 5.56 Å². The predicted octanol–water partition coefficient (Wildman–Crippen LogP) is 2.68. The Morgan fingerprint density at radius 1 is 1.36 bits per heavy atom. The molecule has 0 saturated carbocycles. The Hall–Kier alpha value is -0.890. The number of hydrogen-bond donors (Lipinski definition) is 0. The number of hydrogen-bond acceptors (Lipinski definition) is 1. The van der Waals surface area contributed by atoms with Gasteiger partial charge < -0.3 is 4.74 Å². The van der Waals surface area contributed by atoms with Crippen LogP contribution in [0.2, 0.25) is 0 Å². The van der Waals surface area contributed by atoms with Crippen LogP contribution in [0.15, 0.2) is 30.3 Å². The van der Waals surface area contributed by atoms with Crippen LogP contribution >= 0.6 is 0 Å². The van der Waals surface area contributed by atoms with Crippen molar-refractivity contribution in [2.45, 2.75) is 13.5 Å². The van der Waals surface area contributed by atoms with Crippen LogP contribution in [0.1, 0.15) is 12.5 Å². The molecule has 1 nitrogen and oxygen atoms in total. The van der Waals surface area contributed by atoms with Gasteiger partial charge >= 0.3 is 0 Å². The maximum atomic E-state index is 12.1. The van der Waals surface area contributed by atoms with Crippen LogP contribution in [-0.4, -0.2) is 0 Å². The highest BCUT2D eigenvalue weighted by molar-refractivity contribution is 5.13. The molecule has 1 radical (unpaired) electrons. The van der Waals surface area contributed by atoms with E-state index >= 15 is 0 Å². The molecule has 0 aliphatic carbocycles. The van der Waals surface area contributed by atoms with E-state index < -0.39 is 6.36 Å². The van der Waals surface area contributed by atoms with Crippen molar-refractivity contribution in [1.29, 1.82) is 0 Å². The molecule has 0 bridgehead atoms. The predicted molar refractivity (Wildman–Crippen MR) is 41.3 cm³/mol. The van der Waals surface area contributed by atoms with Crippen LogP contribution in [0.5, 0.6) is 0 Å². The smallest absolute Gasteiger partial charge is 0.265 e. The molecule has 0 amide bonds. The zero-order valence-corrected chi connectivity index (χ0v) is 6.38. The number of halogens is 1. The van der Waals surface area contributed by atoms with E-state index in [1.165, 1.54) is 6.92 Å². The third-order valence-corrected chi connectivity index (χ3v) is 1.28. The largest absolute Gasteiger partial charge is 0.337 e. The molecule has 0 aromatic heterocycles. The van der Waals surface area contributed by atoms with Crippen LogP contribution in [0.4, 0.5) is 4.39 Å². The second kappa shape index (κ2) is 4.09. The van der Waals surface area contributed by atoms with E-state index in [1.807, 2.05) is 30.3 Å². The van der Waals surface area contributed by atoms with Crippen LogP contribution in [0, 0.1) is 6.36 Å². The highest BCUT2D eigenvalue weighted by Gasteiger charge is 1.98. The summed E-state index contributed by atoms with van der Waals surface area (Å²) in [5.74, 6) is 0. The highest BCUT2D eigenvalue weighted by atomic mass is 19.1. The Bertz CT molecular complexity index is 196. The van der Waals surface area contributed by atoms with E-state index in [2.05, 4.69) is 4.74 Å². The van der Waals surface area contributed by atoms with Crippen LogP contribution < -0.4 is 0 Å². The first-order chi connectivity index (χ1) is 5.29. The third-order valence-electron chi connectivity index (χ3n) is 1.28. The van der Waals surface area contributed by atoms with Crippen molar-refractivity contribution < 1.29 is 9.13 Å². The highest BCUT2D eigenvalue weighted by Crippen LogP contribution is 2.07. The summed E-state index contributed by atoms with van der Waals surface area (Å²) in [5, 5.41) is 0. The summed E-state index contributed by atoms with van der Waals surface area (Å²) < 4.78 is 16.8. The molecular formula is C9H10FO. The molecule has 0 aliphatic rings. The van der Waals surface area contributed by atoms with Crippen molar-refractivity contribution in [3.63, 3.8) is 0 Å². The third kappa shape index (κ3) is 3.14. The van der Waals surface area contributed by atoms with Crippen molar-refractivity contribution in [3.05, 3.63) is 42.3 Å². The monoisotopic (exact) mass is 153 g/mol. The molecular weight excluding hydrogens is 143 g/mol. The molecule has 0 N–H and O–H groups in total. The van der Waals surface area contributed by atoms with Crippen LogP contribution in [-0.2, 0) is 11.3 Å². The lowest BCUT2D eigenvalue weighted by atomic mass is 10.2. The number of benzene rings is 1. The first-order valence-corrected chi connectivity index (χ1v) is 3.45.